The molecule has 37 heteroatoms. The van der Waals surface area contributed by atoms with E-state index in [0.29, 0.717) is 22.5 Å². The molecule has 15 N–H and O–H groups in total. The molecule has 0 aliphatic rings. The van der Waals surface area contributed by atoms with Crippen LogP contribution < -0.4 is 42.2 Å². The maximum Gasteiger partial charge on any atom is 0.490 e. The average Bonchev–Trinajstić information content (AvgIpc) is 0.842. The number of nitrogens with zero attached hydrogens (tertiary/aromatic N) is 2. The predicted octanol–water partition coefficient (Wildman–Crippen LogP) is 5.73. The first-order valence-corrected chi connectivity index (χ1v) is 31.1. The van der Waals surface area contributed by atoms with E-state index in [2.05, 4.69) is 21.3 Å². The molecular formula is C68H73F3N10O24. The van der Waals surface area contributed by atoms with Crippen LogP contribution in [-0.2, 0) is 78.7 Å². The molecule has 0 saturated carbocycles. The van der Waals surface area contributed by atoms with E-state index in [0.717, 1.165) is 9.80 Å². The first-order valence-electron chi connectivity index (χ1n) is 31.1. The predicted molar refractivity (Wildman–Crippen MR) is 360 cm³/mol. The molecule has 0 spiro atoms. The van der Waals surface area contributed by atoms with E-state index in [-0.39, 0.29) is 136 Å². The zero-order valence-corrected chi connectivity index (χ0v) is 55.5. The number of carboxylic acid groups (broad SMARTS) is 5. The summed E-state index contributed by atoms with van der Waals surface area (Å²) in [5.74, 6) is -11.5. The van der Waals surface area contributed by atoms with Crippen molar-refractivity contribution in [2.45, 2.75) is 57.4 Å². The molecule has 0 aliphatic heterocycles. The summed E-state index contributed by atoms with van der Waals surface area (Å²) >= 11 is 0. The molecule has 0 radical (unpaired) electrons. The minimum Gasteiger partial charge on any atom is -0.481 e. The topological polar surface area (TPSA) is 517 Å². The van der Waals surface area contributed by atoms with E-state index in [9.17, 15) is 81.5 Å². The number of rotatable bonds is 39. The third-order valence-corrected chi connectivity index (χ3v) is 13.9. The Balaban J connectivity index is 0.00000268. The van der Waals surface area contributed by atoms with Crippen LogP contribution in [0.3, 0.4) is 0 Å². The standard InChI is InChI=1S/C66H72N10O22.C2HF3O2/c67-63(68)73-49-15-11-45(12-16-49)61(87)97-51-19-7-41(8-20-51)39-95-65(89)75(37-43-3-1-5-47(33-43)59(83)84)53(35-55(77)78)57(81)71-23-25-91-27-29-93-31-32-94-30-28-92-26-24-72-58(82)54(36-56(79)80)76(38-44-4-2-6-48(34-44)60(85)86)66(90)96-40-42-9-21-52(22-10-42)98-62(88)46-13-17-50(18-14-46)74-64(69)70;3-2(4,5)1(6)7/h1-22,33-34,53-54H,23-32,35-40H2,(H,71,81)(H,72,82)(H,77,78)(H,79,80)(H,83,84)(H,85,86)(H4,67,68,73)(H4,69,70,74);(H,6,7)/t53-,54-;/m0./s1. The largest absolute Gasteiger partial charge is 0.490 e. The second kappa shape index (κ2) is 42.5. The summed E-state index contributed by atoms with van der Waals surface area (Å²) in [5.41, 5.74) is 13.1. The van der Waals surface area contributed by atoms with Crippen molar-refractivity contribution in [2.75, 3.05) is 76.6 Å². The van der Waals surface area contributed by atoms with Gasteiger partial charge in [-0.3, -0.25) is 39.8 Å². The second-order valence-electron chi connectivity index (χ2n) is 21.7. The molecule has 0 bridgehead atoms. The Morgan fingerprint density at radius 2 is 0.762 bits per heavy atom. The number of carbonyl (C=O) groups excluding carboxylic acids is 6. The molecule has 34 nitrogen and oxygen atoms in total. The summed E-state index contributed by atoms with van der Waals surface area (Å²) in [4.78, 5) is 139. The summed E-state index contributed by atoms with van der Waals surface area (Å²) in [6.45, 7) is -1.30. The Morgan fingerprint density at radius 3 is 1.06 bits per heavy atom. The first-order chi connectivity index (χ1) is 49.9. The van der Waals surface area contributed by atoms with Gasteiger partial charge < -0.3 is 96.2 Å². The lowest BCUT2D eigenvalue weighted by atomic mass is 10.1. The van der Waals surface area contributed by atoms with Crippen molar-refractivity contribution in [1.29, 1.82) is 10.8 Å². The summed E-state index contributed by atoms with van der Waals surface area (Å²) in [6, 6.07) is 31.6. The SMILES string of the molecule is N=C(N)Nc1ccc(C(=O)Oc2ccc(COC(=O)N(Cc3cccc(C(=O)O)c3)[C@@H](CC(=O)O)C(=O)NCCOCCOCCOCCOCCNC(=O)[C@H](CC(=O)O)N(Cc3cccc(C(=O)O)c3)C(=O)OCc3ccc(OC(=O)c4ccc(NC(=N)N)cc4)cc3)cc2)cc1.O=C(O)C(F)(F)F. The summed E-state index contributed by atoms with van der Waals surface area (Å²) < 4.78 is 75.9. The molecule has 0 fully saturated rings. The van der Waals surface area contributed by atoms with Gasteiger partial charge in [0.15, 0.2) is 11.9 Å². The minimum atomic E-state index is -5.08. The number of amides is 4. The summed E-state index contributed by atoms with van der Waals surface area (Å²) in [7, 11) is 0. The quantitative estimate of drug-likeness (QED) is 0.00720. The van der Waals surface area contributed by atoms with Crippen molar-refractivity contribution >= 4 is 89.1 Å². The highest BCUT2D eigenvalue weighted by Crippen LogP contribution is 2.23. The number of nitrogens with one attached hydrogen (secondary N) is 6. The van der Waals surface area contributed by atoms with Crippen LogP contribution in [-0.4, -0.2) is 197 Å². The highest BCUT2D eigenvalue weighted by molar-refractivity contribution is 5.95. The summed E-state index contributed by atoms with van der Waals surface area (Å²) in [6.07, 6.45) is -9.02. The Bertz CT molecular complexity index is 3740. The van der Waals surface area contributed by atoms with Crippen LogP contribution in [0.25, 0.3) is 0 Å². The van der Waals surface area contributed by atoms with Gasteiger partial charge in [-0.15, -0.1) is 0 Å². The molecular weight excluding hydrogens is 1400 g/mol. The van der Waals surface area contributed by atoms with Crippen molar-refractivity contribution in [1.82, 2.24) is 20.4 Å². The molecule has 0 aliphatic carbocycles. The maximum atomic E-state index is 13.8. The number of nitrogens with two attached hydrogens (primary N) is 2. The third kappa shape index (κ3) is 30.6. The number of alkyl halides is 3. The lowest BCUT2D eigenvalue weighted by Gasteiger charge is -2.29. The molecule has 0 saturated heterocycles. The van der Waals surface area contributed by atoms with E-state index in [1.165, 1.54) is 146 Å². The number of aromatic carboxylic acids is 2. The lowest BCUT2D eigenvalue weighted by Crippen LogP contribution is -2.51. The van der Waals surface area contributed by atoms with Gasteiger partial charge in [-0.25, -0.2) is 33.6 Å². The number of ether oxygens (including phenoxy) is 8. The van der Waals surface area contributed by atoms with Crippen LogP contribution >= 0.6 is 0 Å². The number of aliphatic carboxylic acids is 3. The number of halogens is 3. The van der Waals surface area contributed by atoms with Gasteiger partial charge >= 0.3 is 60.1 Å². The van der Waals surface area contributed by atoms with Gasteiger partial charge in [0.05, 0.1) is 88.0 Å². The van der Waals surface area contributed by atoms with Gasteiger partial charge in [-0.1, -0.05) is 48.5 Å². The van der Waals surface area contributed by atoms with Crippen LogP contribution in [0.4, 0.5) is 34.1 Å². The van der Waals surface area contributed by atoms with Crippen molar-refractivity contribution in [2.24, 2.45) is 11.5 Å². The monoisotopic (exact) mass is 1470 g/mol. The Labute approximate surface area is 594 Å². The number of guanidine groups is 2. The van der Waals surface area contributed by atoms with Crippen LogP contribution in [0.2, 0.25) is 0 Å². The highest BCUT2D eigenvalue weighted by atomic mass is 19.4. The van der Waals surface area contributed by atoms with E-state index >= 15 is 0 Å². The molecule has 2 atom stereocenters. The van der Waals surface area contributed by atoms with Gasteiger partial charge in [0, 0.05) is 37.6 Å². The fraction of sp³-hybridized carbons (Fsp3) is 0.279. The van der Waals surface area contributed by atoms with Crippen molar-refractivity contribution in [3.63, 3.8) is 0 Å². The van der Waals surface area contributed by atoms with Crippen molar-refractivity contribution < 1.29 is 129 Å². The van der Waals surface area contributed by atoms with Crippen molar-refractivity contribution in [3.05, 3.63) is 190 Å². The van der Waals surface area contributed by atoms with Gasteiger partial charge in [-0.05, 0) is 119 Å². The number of hydrogen-bond acceptors (Lipinski definition) is 21. The number of carboxylic acids is 5. The van der Waals surface area contributed by atoms with Gasteiger partial charge in [0.1, 0.15) is 36.8 Å². The number of anilines is 2. The summed E-state index contributed by atoms with van der Waals surface area (Å²) in [5, 5.41) is 71.1. The van der Waals surface area contributed by atoms with Crippen molar-refractivity contribution in [3.8, 4) is 11.5 Å². The van der Waals surface area contributed by atoms with Crippen LogP contribution in [0.1, 0.15) is 76.5 Å². The van der Waals surface area contributed by atoms with E-state index in [1.54, 1.807) is 0 Å². The zero-order chi connectivity index (χ0) is 77.0. The van der Waals surface area contributed by atoms with Crippen LogP contribution in [0.15, 0.2) is 146 Å². The van der Waals surface area contributed by atoms with E-state index in [4.69, 9.17) is 70.1 Å². The molecule has 0 unspecified atom stereocenters. The fourth-order valence-electron chi connectivity index (χ4n) is 8.90. The smallest absolute Gasteiger partial charge is 0.481 e. The van der Waals surface area contributed by atoms with E-state index < -0.39 is 110 Å². The van der Waals surface area contributed by atoms with Gasteiger partial charge in [0.25, 0.3) is 0 Å². The fourth-order valence-corrected chi connectivity index (χ4v) is 8.90. The van der Waals surface area contributed by atoms with Crippen LogP contribution in [0, 0.1) is 10.8 Å². The Hall–Kier alpha value is -12.7. The second-order valence-corrected chi connectivity index (χ2v) is 21.7. The van der Waals surface area contributed by atoms with E-state index in [1.807, 2.05) is 0 Å². The number of hydrogen-bond donors (Lipinski definition) is 13. The molecule has 6 rings (SSSR count). The normalized spacial score (nSPS) is 11.3. The lowest BCUT2D eigenvalue weighted by molar-refractivity contribution is -0.192. The molecule has 6 aromatic rings. The minimum absolute atomic E-state index is 0.0544. The third-order valence-electron chi connectivity index (χ3n) is 13.9. The molecule has 4 amide bonds. The van der Waals surface area contributed by atoms with Crippen LogP contribution in [0.5, 0.6) is 11.5 Å². The Morgan fingerprint density at radius 1 is 0.438 bits per heavy atom. The highest BCUT2D eigenvalue weighted by Gasteiger charge is 2.39. The molecule has 0 heterocycles. The molecule has 560 valence electrons. The Kier molecular flexibility index (Phi) is 33.6. The number of benzene rings is 6. The molecule has 0 aromatic heterocycles. The average molecular weight is 1470 g/mol. The number of esters is 2. The number of carbonyl (C=O) groups is 11. The maximum absolute atomic E-state index is 13.8. The van der Waals surface area contributed by atoms with Gasteiger partial charge in [-0.2, -0.15) is 13.2 Å². The molecule has 6 aromatic carbocycles. The molecule has 105 heavy (non-hydrogen) atoms. The zero-order valence-electron chi connectivity index (χ0n) is 55.5. The van der Waals surface area contributed by atoms with Gasteiger partial charge in [0.2, 0.25) is 11.8 Å². The first kappa shape index (κ1) is 82.9.